The Kier molecular flexibility index (Phi) is 3.44. The maximum atomic E-state index is 12.8. The molecule has 1 aliphatic heterocycles. The average Bonchev–Trinajstić information content (AvgIpc) is 3.05. The number of carbonyl (C=O) groups excluding carboxylic acids is 1. The Balaban J connectivity index is 1.45. The van der Waals surface area contributed by atoms with Crippen molar-refractivity contribution in [1.29, 1.82) is 0 Å². The maximum absolute atomic E-state index is 12.8. The van der Waals surface area contributed by atoms with Gasteiger partial charge in [0.2, 0.25) is 0 Å². The standard InChI is InChI=1S/C16H20N4O2/c21-16(14-5-9-22-15(14)13-3-4-13)19-7-1-2-12(10-19)11-20-8-6-17-18-20/h5-6,8-9,12-13H,1-4,7,10-11H2/t12-/m0/s1. The third-order valence-electron chi connectivity index (χ3n) is 4.60. The van der Waals surface area contributed by atoms with E-state index in [9.17, 15) is 4.79 Å². The van der Waals surface area contributed by atoms with Gasteiger partial charge in [0, 0.05) is 31.7 Å². The van der Waals surface area contributed by atoms with Crippen LogP contribution >= 0.6 is 0 Å². The highest BCUT2D eigenvalue weighted by Gasteiger charge is 2.33. The monoisotopic (exact) mass is 300 g/mol. The summed E-state index contributed by atoms with van der Waals surface area (Å²) in [4.78, 5) is 14.8. The zero-order valence-electron chi connectivity index (χ0n) is 12.5. The van der Waals surface area contributed by atoms with Gasteiger partial charge in [-0.2, -0.15) is 0 Å². The van der Waals surface area contributed by atoms with Gasteiger partial charge in [-0.15, -0.1) is 5.10 Å². The Morgan fingerprint density at radius 3 is 3.05 bits per heavy atom. The first-order valence-corrected chi connectivity index (χ1v) is 8.02. The Labute approximate surface area is 129 Å². The van der Waals surface area contributed by atoms with Crippen molar-refractivity contribution in [1.82, 2.24) is 19.9 Å². The number of piperidine rings is 1. The van der Waals surface area contributed by atoms with Crippen molar-refractivity contribution < 1.29 is 9.21 Å². The van der Waals surface area contributed by atoms with E-state index < -0.39 is 0 Å². The van der Waals surface area contributed by atoms with Gasteiger partial charge in [-0.1, -0.05) is 5.21 Å². The smallest absolute Gasteiger partial charge is 0.257 e. The third kappa shape index (κ3) is 2.65. The molecule has 0 unspecified atom stereocenters. The largest absolute Gasteiger partial charge is 0.468 e. The van der Waals surface area contributed by atoms with E-state index in [1.54, 1.807) is 12.5 Å². The van der Waals surface area contributed by atoms with Gasteiger partial charge in [0.05, 0.1) is 18.0 Å². The molecule has 3 heterocycles. The highest BCUT2D eigenvalue weighted by atomic mass is 16.3. The zero-order valence-corrected chi connectivity index (χ0v) is 12.5. The van der Waals surface area contributed by atoms with Crippen molar-refractivity contribution in [2.75, 3.05) is 13.1 Å². The quantitative estimate of drug-likeness (QED) is 0.869. The van der Waals surface area contributed by atoms with Crippen LogP contribution in [0.3, 0.4) is 0 Å². The summed E-state index contributed by atoms with van der Waals surface area (Å²) in [5.41, 5.74) is 0.768. The lowest BCUT2D eigenvalue weighted by atomic mass is 9.97. The van der Waals surface area contributed by atoms with Crippen LogP contribution < -0.4 is 0 Å². The first kappa shape index (κ1) is 13.5. The van der Waals surface area contributed by atoms with Crippen molar-refractivity contribution in [3.63, 3.8) is 0 Å². The number of hydrogen-bond donors (Lipinski definition) is 0. The summed E-state index contributed by atoms with van der Waals surface area (Å²) in [5.74, 6) is 1.92. The van der Waals surface area contributed by atoms with Gasteiger partial charge in [0.15, 0.2) is 0 Å². The molecule has 2 aliphatic rings. The molecule has 0 radical (unpaired) electrons. The predicted molar refractivity (Wildman–Crippen MR) is 79.3 cm³/mol. The molecule has 1 amide bonds. The molecule has 1 aliphatic carbocycles. The third-order valence-corrected chi connectivity index (χ3v) is 4.60. The molecule has 1 saturated heterocycles. The van der Waals surface area contributed by atoms with Crippen LogP contribution in [-0.4, -0.2) is 38.9 Å². The Bertz CT molecular complexity index is 645. The van der Waals surface area contributed by atoms with Gasteiger partial charge < -0.3 is 9.32 Å². The Hall–Kier alpha value is -2.11. The summed E-state index contributed by atoms with van der Waals surface area (Å²) < 4.78 is 7.40. The summed E-state index contributed by atoms with van der Waals surface area (Å²) in [6.07, 6.45) is 9.68. The van der Waals surface area contributed by atoms with Crippen molar-refractivity contribution in [3.05, 3.63) is 36.0 Å². The summed E-state index contributed by atoms with van der Waals surface area (Å²) >= 11 is 0. The van der Waals surface area contributed by atoms with E-state index in [0.29, 0.717) is 11.8 Å². The highest BCUT2D eigenvalue weighted by molar-refractivity contribution is 5.95. The molecule has 2 aromatic rings. The van der Waals surface area contributed by atoms with E-state index in [0.717, 1.165) is 56.6 Å². The molecule has 22 heavy (non-hydrogen) atoms. The summed E-state index contributed by atoms with van der Waals surface area (Å²) in [6, 6.07) is 1.83. The number of rotatable bonds is 4. The molecule has 6 heteroatoms. The van der Waals surface area contributed by atoms with E-state index in [4.69, 9.17) is 4.42 Å². The number of hydrogen-bond acceptors (Lipinski definition) is 4. The van der Waals surface area contributed by atoms with Gasteiger partial charge in [-0.05, 0) is 37.7 Å². The van der Waals surface area contributed by atoms with Crippen LogP contribution in [-0.2, 0) is 6.54 Å². The summed E-state index contributed by atoms with van der Waals surface area (Å²) in [7, 11) is 0. The number of nitrogens with zero attached hydrogens (tertiary/aromatic N) is 4. The van der Waals surface area contributed by atoms with Gasteiger partial charge >= 0.3 is 0 Å². The number of likely N-dealkylation sites (tertiary alicyclic amines) is 1. The van der Waals surface area contributed by atoms with E-state index in [1.165, 1.54) is 0 Å². The topological polar surface area (TPSA) is 64.2 Å². The van der Waals surface area contributed by atoms with E-state index in [-0.39, 0.29) is 5.91 Å². The fraction of sp³-hybridized carbons (Fsp3) is 0.562. The van der Waals surface area contributed by atoms with Gasteiger partial charge in [0.25, 0.3) is 5.91 Å². The molecule has 2 fully saturated rings. The lowest BCUT2D eigenvalue weighted by Gasteiger charge is -2.32. The lowest BCUT2D eigenvalue weighted by Crippen LogP contribution is -2.41. The number of aromatic nitrogens is 3. The van der Waals surface area contributed by atoms with E-state index in [2.05, 4.69) is 10.3 Å². The molecule has 116 valence electrons. The van der Waals surface area contributed by atoms with Crippen molar-refractivity contribution in [3.8, 4) is 0 Å². The second-order valence-electron chi connectivity index (χ2n) is 6.36. The van der Waals surface area contributed by atoms with Gasteiger partial charge in [-0.25, -0.2) is 0 Å². The van der Waals surface area contributed by atoms with Gasteiger partial charge in [0.1, 0.15) is 5.76 Å². The van der Waals surface area contributed by atoms with Crippen LogP contribution in [0.2, 0.25) is 0 Å². The first-order chi connectivity index (χ1) is 10.8. The molecule has 4 rings (SSSR count). The normalized spacial score (nSPS) is 22.0. The van der Waals surface area contributed by atoms with Crippen LogP contribution in [0.5, 0.6) is 0 Å². The molecule has 6 nitrogen and oxygen atoms in total. The molecular weight excluding hydrogens is 280 g/mol. The molecule has 1 saturated carbocycles. The maximum Gasteiger partial charge on any atom is 0.257 e. The molecule has 0 spiro atoms. The van der Waals surface area contributed by atoms with Crippen LogP contribution in [0.15, 0.2) is 29.1 Å². The predicted octanol–water partition coefficient (Wildman–Crippen LogP) is 2.30. The van der Waals surface area contributed by atoms with Crippen LogP contribution in [0.1, 0.15) is 47.7 Å². The Morgan fingerprint density at radius 2 is 2.27 bits per heavy atom. The zero-order chi connectivity index (χ0) is 14.9. The van der Waals surface area contributed by atoms with Crippen LogP contribution in [0.25, 0.3) is 0 Å². The summed E-state index contributed by atoms with van der Waals surface area (Å²) in [6.45, 7) is 2.45. The molecule has 0 N–H and O–H groups in total. The van der Waals surface area contributed by atoms with E-state index in [1.807, 2.05) is 21.8 Å². The molecular formula is C16H20N4O2. The Morgan fingerprint density at radius 1 is 1.36 bits per heavy atom. The molecule has 0 bridgehead atoms. The fourth-order valence-corrected chi connectivity index (χ4v) is 3.32. The van der Waals surface area contributed by atoms with Gasteiger partial charge in [-0.3, -0.25) is 9.48 Å². The fourth-order valence-electron chi connectivity index (χ4n) is 3.32. The van der Waals surface area contributed by atoms with Crippen molar-refractivity contribution >= 4 is 5.91 Å². The van der Waals surface area contributed by atoms with Crippen molar-refractivity contribution in [2.24, 2.45) is 5.92 Å². The minimum atomic E-state index is 0.124. The lowest BCUT2D eigenvalue weighted by molar-refractivity contribution is 0.0657. The van der Waals surface area contributed by atoms with Crippen LogP contribution in [0.4, 0.5) is 0 Å². The molecule has 2 aromatic heterocycles. The summed E-state index contributed by atoms with van der Waals surface area (Å²) in [5, 5.41) is 7.86. The van der Waals surface area contributed by atoms with Crippen molar-refractivity contribution in [2.45, 2.75) is 38.1 Å². The highest BCUT2D eigenvalue weighted by Crippen LogP contribution is 2.42. The van der Waals surface area contributed by atoms with Crippen LogP contribution in [0, 0.1) is 5.92 Å². The second kappa shape index (κ2) is 5.59. The first-order valence-electron chi connectivity index (χ1n) is 8.02. The van der Waals surface area contributed by atoms with E-state index >= 15 is 0 Å². The number of furan rings is 1. The molecule has 1 atom stereocenters. The SMILES string of the molecule is O=C(c1ccoc1C1CC1)N1CCC[C@H](Cn2ccnn2)C1. The minimum Gasteiger partial charge on any atom is -0.468 e. The minimum absolute atomic E-state index is 0.124. The molecule has 0 aromatic carbocycles. The number of amides is 1. The second-order valence-corrected chi connectivity index (χ2v) is 6.36. The average molecular weight is 300 g/mol. The number of carbonyl (C=O) groups is 1.